The number of nitrogens with one attached hydrogen (secondary N) is 2. The number of hydrogen-bond donors (Lipinski definition) is 2. The van der Waals surface area contributed by atoms with E-state index in [4.69, 9.17) is 4.74 Å². The van der Waals surface area contributed by atoms with Gasteiger partial charge in [0.15, 0.2) is 0 Å². The summed E-state index contributed by atoms with van der Waals surface area (Å²) in [6.45, 7) is 12.4. The van der Waals surface area contributed by atoms with Gasteiger partial charge in [-0.2, -0.15) is 0 Å². The first-order valence-corrected chi connectivity index (χ1v) is 14.2. The lowest BCUT2D eigenvalue weighted by atomic mass is 10.1. The number of urea groups is 1. The molecule has 1 aromatic heterocycles. The van der Waals surface area contributed by atoms with Crippen molar-refractivity contribution in [3.05, 3.63) is 46.3 Å². The lowest BCUT2D eigenvalue weighted by Crippen LogP contribution is -2.31. The second-order valence-corrected chi connectivity index (χ2v) is 11.2. The molecular weight excluding hydrogens is 486 g/mol. The zero-order chi connectivity index (χ0) is 27.4. The Kier molecular flexibility index (Phi) is 12.1. The number of rotatable bonds is 13. The first-order valence-electron chi connectivity index (χ1n) is 13.4. The Balaban J connectivity index is 2.27. The predicted octanol–water partition coefficient (Wildman–Crippen LogP) is 7.55. The van der Waals surface area contributed by atoms with Crippen molar-refractivity contribution in [1.82, 2.24) is 5.32 Å². The Hall–Kier alpha value is -2.87. The van der Waals surface area contributed by atoms with Gasteiger partial charge >= 0.3 is 12.0 Å². The molecule has 7 nitrogen and oxygen atoms in total. The van der Waals surface area contributed by atoms with Crippen LogP contribution in [0.15, 0.2) is 30.3 Å². The van der Waals surface area contributed by atoms with Crippen LogP contribution in [0.25, 0.3) is 0 Å². The molecule has 0 aliphatic heterocycles. The van der Waals surface area contributed by atoms with Gasteiger partial charge in [0.2, 0.25) is 0 Å². The van der Waals surface area contributed by atoms with Gasteiger partial charge in [-0.05, 0) is 58.2 Å². The monoisotopic (exact) mass is 529 g/mol. The number of unbranched alkanes of at least 4 members (excludes halogenated alkanes) is 5. The fraction of sp³-hybridized carbons (Fsp3) is 0.552. The van der Waals surface area contributed by atoms with E-state index in [2.05, 4.69) is 17.6 Å². The standard InChI is InChI=1S/C29H43N3O4S/c1-7-9-10-11-12-16-19-30-28(35)31-25-23(27(34)36-29(4,5)6)21(3)24(37-25)26(33)32(20-8-2)22-17-14-13-15-18-22/h13-15,17-18H,7-12,16,19-20H2,1-6H3,(H2,30,31,35). The summed E-state index contributed by atoms with van der Waals surface area (Å²) >= 11 is 1.11. The van der Waals surface area contributed by atoms with Crippen LogP contribution in [0.2, 0.25) is 0 Å². The summed E-state index contributed by atoms with van der Waals surface area (Å²) in [4.78, 5) is 41.7. The molecule has 1 aromatic carbocycles. The van der Waals surface area contributed by atoms with Crippen molar-refractivity contribution in [2.24, 2.45) is 0 Å². The van der Waals surface area contributed by atoms with Gasteiger partial charge < -0.3 is 15.0 Å². The molecule has 2 N–H and O–H groups in total. The van der Waals surface area contributed by atoms with Crippen LogP contribution in [0, 0.1) is 6.92 Å². The van der Waals surface area contributed by atoms with Crippen molar-refractivity contribution in [3.63, 3.8) is 0 Å². The minimum atomic E-state index is -0.717. The highest BCUT2D eigenvalue weighted by atomic mass is 32.1. The van der Waals surface area contributed by atoms with Crippen LogP contribution in [-0.2, 0) is 4.74 Å². The molecule has 1 heterocycles. The number of thiophene rings is 1. The number of esters is 1. The van der Waals surface area contributed by atoms with Crippen LogP contribution in [0.4, 0.5) is 15.5 Å². The van der Waals surface area contributed by atoms with Crippen LogP contribution in [-0.4, -0.2) is 36.6 Å². The van der Waals surface area contributed by atoms with Crippen molar-refractivity contribution in [1.29, 1.82) is 0 Å². The van der Waals surface area contributed by atoms with E-state index in [1.807, 2.05) is 37.3 Å². The number of para-hydroxylation sites is 1. The van der Waals surface area contributed by atoms with Gasteiger partial charge in [0.05, 0.1) is 10.4 Å². The third-order valence-corrected chi connectivity index (χ3v) is 6.94. The Morgan fingerprint density at radius 3 is 2.22 bits per heavy atom. The first-order chi connectivity index (χ1) is 17.6. The van der Waals surface area contributed by atoms with Gasteiger partial charge in [-0.3, -0.25) is 10.1 Å². The first kappa shape index (κ1) is 30.4. The minimum Gasteiger partial charge on any atom is -0.456 e. The molecule has 0 bridgehead atoms. The SMILES string of the molecule is CCCCCCCCNC(=O)Nc1sc(C(=O)N(CCC)c2ccccc2)c(C)c1C(=O)OC(C)(C)C. The number of ether oxygens (including phenoxy) is 1. The Morgan fingerprint density at radius 1 is 0.946 bits per heavy atom. The number of carbonyl (C=O) groups excluding carboxylic acids is 3. The molecule has 204 valence electrons. The molecule has 0 aliphatic rings. The molecule has 0 spiro atoms. The van der Waals surface area contributed by atoms with Gasteiger partial charge in [-0.25, -0.2) is 9.59 Å². The Morgan fingerprint density at radius 2 is 1.59 bits per heavy atom. The number of benzene rings is 1. The van der Waals surface area contributed by atoms with Crippen LogP contribution in [0.3, 0.4) is 0 Å². The molecule has 0 saturated heterocycles. The molecule has 0 unspecified atom stereocenters. The van der Waals surface area contributed by atoms with E-state index in [1.54, 1.807) is 32.6 Å². The van der Waals surface area contributed by atoms with E-state index in [0.717, 1.165) is 42.7 Å². The van der Waals surface area contributed by atoms with Gasteiger partial charge in [0, 0.05) is 18.8 Å². The maximum absolute atomic E-state index is 13.7. The summed E-state index contributed by atoms with van der Waals surface area (Å²) in [7, 11) is 0. The van der Waals surface area contributed by atoms with E-state index < -0.39 is 17.6 Å². The van der Waals surface area contributed by atoms with Gasteiger partial charge in [0.1, 0.15) is 10.6 Å². The molecular formula is C29H43N3O4S. The molecule has 0 aliphatic carbocycles. The molecule has 2 aromatic rings. The molecule has 37 heavy (non-hydrogen) atoms. The maximum atomic E-state index is 13.7. The highest BCUT2D eigenvalue weighted by Gasteiger charge is 2.31. The molecule has 0 radical (unpaired) electrons. The second-order valence-electron chi connectivity index (χ2n) is 10.2. The smallest absolute Gasteiger partial charge is 0.341 e. The molecule has 2 rings (SSSR count). The van der Waals surface area contributed by atoms with Gasteiger partial charge in [-0.1, -0.05) is 64.2 Å². The summed E-state index contributed by atoms with van der Waals surface area (Å²) in [6.07, 6.45) is 7.54. The minimum absolute atomic E-state index is 0.208. The molecule has 0 saturated carbocycles. The van der Waals surface area contributed by atoms with Crippen molar-refractivity contribution >= 4 is 39.9 Å². The average Bonchev–Trinajstić information content (AvgIpc) is 3.16. The summed E-state index contributed by atoms with van der Waals surface area (Å²) in [6, 6.07) is 9.06. The maximum Gasteiger partial charge on any atom is 0.341 e. The highest BCUT2D eigenvalue weighted by molar-refractivity contribution is 7.19. The lowest BCUT2D eigenvalue weighted by Gasteiger charge is -2.22. The molecule has 0 atom stereocenters. The van der Waals surface area contributed by atoms with E-state index in [0.29, 0.717) is 28.5 Å². The Bertz CT molecular complexity index is 1030. The van der Waals surface area contributed by atoms with E-state index in [9.17, 15) is 14.4 Å². The van der Waals surface area contributed by atoms with Crippen molar-refractivity contribution < 1.29 is 19.1 Å². The van der Waals surface area contributed by atoms with Crippen molar-refractivity contribution in [2.45, 2.75) is 92.1 Å². The van der Waals surface area contributed by atoms with Crippen LogP contribution < -0.4 is 15.5 Å². The number of carbonyl (C=O) groups is 3. The zero-order valence-electron chi connectivity index (χ0n) is 23.2. The average molecular weight is 530 g/mol. The summed E-state index contributed by atoms with van der Waals surface area (Å²) < 4.78 is 5.63. The van der Waals surface area contributed by atoms with E-state index in [1.165, 1.54) is 19.3 Å². The number of hydrogen-bond acceptors (Lipinski definition) is 5. The number of nitrogens with zero attached hydrogens (tertiary/aromatic N) is 1. The van der Waals surface area contributed by atoms with Crippen LogP contribution >= 0.6 is 11.3 Å². The highest BCUT2D eigenvalue weighted by Crippen LogP contribution is 2.36. The third kappa shape index (κ3) is 9.50. The fourth-order valence-electron chi connectivity index (χ4n) is 3.94. The van der Waals surface area contributed by atoms with Gasteiger partial charge in [-0.15, -0.1) is 11.3 Å². The van der Waals surface area contributed by atoms with Crippen molar-refractivity contribution in [3.8, 4) is 0 Å². The van der Waals surface area contributed by atoms with Crippen LogP contribution in [0.1, 0.15) is 105 Å². The zero-order valence-corrected chi connectivity index (χ0v) is 24.1. The summed E-state index contributed by atoms with van der Waals surface area (Å²) in [5.74, 6) is -0.769. The van der Waals surface area contributed by atoms with Crippen LogP contribution in [0.5, 0.6) is 0 Å². The van der Waals surface area contributed by atoms with E-state index in [-0.39, 0.29) is 11.5 Å². The van der Waals surface area contributed by atoms with Gasteiger partial charge in [0.25, 0.3) is 5.91 Å². The number of amides is 3. The number of anilines is 2. The molecule has 8 heteroatoms. The Labute approximate surface area is 226 Å². The lowest BCUT2D eigenvalue weighted by molar-refractivity contribution is 0.00705. The predicted molar refractivity (Wildman–Crippen MR) is 153 cm³/mol. The summed E-state index contributed by atoms with van der Waals surface area (Å²) in [5.41, 5.74) is 0.799. The topological polar surface area (TPSA) is 87.7 Å². The third-order valence-electron chi connectivity index (χ3n) is 5.75. The van der Waals surface area contributed by atoms with E-state index >= 15 is 0 Å². The second kappa shape index (κ2) is 14.8. The molecule has 0 fully saturated rings. The quantitative estimate of drug-likeness (QED) is 0.207. The fourth-order valence-corrected chi connectivity index (χ4v) is 5.08. The largest absolute Gasteiger partial charge is 0.456 e. The molecule has 3 amide bonds. The van der Waals surface area contributed by atoms with Crippen molar-refractivity contribution in [2.75, 3.05) is 23.3 Å². The summed E-state index contributed by atoms with van der Waals surface area (Å²) in [5, 5.41) is 6.00. The normalized spacial score (nSPS) is 11.2.